The van der Waals surface area contributed by atoms with Gasteiger partial charge in [0.05, 0.1) is 0 Å². The van der Waals surface area contributed by atoms with Crippen molar-refractivity contribution in [2.24, 2.45) is 0 Å². The zero-order valence-electron chi connectivity index (χ0n) is 3.68. The molecule has 0 saturated carbocycles. The van der Waals surface area contributed by atoms with Crippen LogP contribution in [0.15, 0.2) is 0 Å². The first-order valence-electron chi connectivity index (χ1n) is 2.27. The normalized spacial score (nSPS) is 34.3. The van der Waals surface area contributed by atoms with E-state index < -0.39 is 0 Å². The van der Waals surface area contributed by atoms with Gasteiger partial charge >= 0.3 is 0 Å². The van der Waals surface area contributed by atoms with Crippen molar-refractivity contribution in [2.75, 3.05) is 6.61 Å². The van der Waals surface area contributed by atoms with Crippen molar-refractivity contribution in [2.45, 2.75) is 18.8 Å². The summed E-state index contributed by atoms with van der Waals surface area (Å²) in [5.41, 5.74) is 0. The fourth-order valence-electron chi connectivity index (χ4n) is 0.603. The standard InChI is InChI=1S/C4H7BO/c5-4-2-1-3-6-4/h4H,1-3H2/t4-/m1/s1. The topological polar surface area (TPSA) is 9.23 Å². The minimum atomic E-state index is 0.0463. The van der Waals surface area contributed by atoms with E-state index in [0.717, 1.165) is 19.4 Å². The van der Waals surface area contributed by atoms with Crippen molar-refractivity contribution in [1.82, 2.24) is 0 Å². The SMILES string of the molecule is [B][C@H]1CCCO1. The molecule has 1 heterocycles. The van der Waals surface area contributed by atoms with Gasteiger partial charge in [0, 0.05) is 12.6 Å². The molecule has 6 heavy (non-hydrogen) atoms. The highest BCUT2D eigenvalue weighted by Crippen LogP contribution is 2.06. The molecule has 2 radical (unpaired) electrons. The van der Waals surface area contributed by atoms with E-state index in [1.165, 1.54) is 0 Å². The van der Waals surface area contributed by atoms with Gasteiger partial charge in [-0.25, -0.2) is 0 Å². The molecule has 0 amide bonds. The van der Waals surface area contributed by atoms with Crippen molar-refractivity contribution in [1.29, 1.82) is 0 Å². The van der Waals surface area contributed by atoms with E-state index in [9.17, 15) is 0 Å². The lowest BCUT2D eigenvalue weighted by molar-refractivity contribution is 0.168. The summed E-state index contributed by atoms with van der Waals surface area (Å²) in [5, 5.41) is 0. The number of rotatable bonds is 0. The highest BCUT2D eigenvalue weighted by Gasteiger charge is 2.06. The summed E-state index contributed by atoms with van der Waals surface area (Å²) >= 11 is 0. The lowest BCUT2D eigenvalue weighted by atomic mass is 9.98. The van der Waals surface area contributed by atoms with Crippen LogP contribution in [0.2, 0.25) is 0 Å². The van der Waals surface area contributed by atoms with E-state index >= 15 is 0 Å². The summed E-state index contributed by atoms with van der Waals surface area (Å²) in [6.45, 7) is 0.862. The molecule has 1 rings (SSSR count). The van der Waals surface area contributed by atoms with Crippen LogP contribution >= 0.6 is 0 Å². The molecule has 2 heteroatoms. The largest absolute Gasteiger partial charge is 0.388 e. The summed E-state index contributed by atoms with van der Waals surface area (Å²) in [4.78, 5) is 0. The number of ether oxygens (including phenoxy) is 1. The van der Waals surface area contributed by atoms with E-state index in [1.54, 1.807) is 0 Å². The molecule has 1 nitrogen and oxygen atoms in total. The molecule has 0 N–H and O–H groups in total. The maximum absolute atomic E-state index is 5.31. The van der Waals surface area contributed by atoms with Crippen LogP contribution < -0.4 is 0 Å². The van der Waals surface area contributed by atoms with Crippen LogP contribution in [0.1, 0.15) is 12.8 Å². The number of hydrogen-bond donors (Lipinski definition) is 0. The average Bonchev–Trinajstić information content (AvgIpc) is 1.86. The van der Waals surface area contributed by atoms with Gasteiger partial charge in [0.25, 0.3) is 0 Å². The Morgan fingerprint density at radius 3 is 2.67 bits per heavy atom. The Balaban J connectivity index is 2.18. The molecule has 32 valence electrons. The second kappa shape index (κ2) is 1.65. The molecule has 1 saturated heterocycles. The van der Waals surface area contributed by atoms with Gasteiger partial charge in [-0.15, -0.1) is 0 Å². The summed E-state index contributed by atoms with van der Waals surface area (Å²) in [6.07, 6.45) is 2.18. The van der Waals surface area contributed by atoms with Crippen LogP contribution in [0, 0.1) is 0 Å². The fraction of sp³-hybridized carbons (Fsp3) is 1.00. The van der Waals surface area contributed by atoms with E-state index in [1.807, 2.05) is 0 Å². The summed E-state index contributed by atoms with van der Waals surface area (Å²) in [6, 6.07) is 0.0463. The molecular formula is C4H7BO. The van der Waals surface area contributed by atoms with E-state index in [0.29, 0.717) is 0 Å². The maximum Gasteiger partial charge on any atom is 0.108 e. The third kappa shape index (κ3) is 0.746. The van der Waals surface area contributed by atoms with Crippen LogP contribution in [0.5, 0.6) is 0 Å². The Bertz CT molecular complexity index is 40.8. The quantitative estimate of drug-likeness (QED) is 0.381. The summed E-state index contributed by atoms with van der Waals surface area (Å²) in [5.74, 6) is 0. The minimum Gasteiger partial charge on any atom is -0.388 e. The van der Waals surface area contributed by atoms with Crippen LogP contribution in [0.4, 0.5) is 0 Å². The Hall–Kier alpha value is 0.0249. The van der Waals surface area contributed by atoms with Crippen molar-refractivity contribution < 1.29 is 4.74 Å². The molecule has 0 aromatic rings. The molecular weight excluding hydrogens is 74.9 g/mol. The molecule has 1 atom stereocenters. The molecule has 1 aliphatic heterocycles. The van der Waals surface area contributed by atoms with Gasteiger partial charge in [0.2, 0.25) is 0 Å². The Morgan fingerprint density at radius 2 is 2.50 bits per heavy atom. The van der Waals surface area contributed by atoms with Gasteiger partial charge in [-0.1, -0.05) is 0 Å². The van der Waals surface area contributed by atoms with Crippen molar-refractivity contribution in [3.8, 4) is 0 Å². The molecule has 0 unspecified atom stereocenters. The second-order valence-corrected chi connectivity index (χ2v) is 1.55. The summed E-state index contributed by atoms with van der Waals surface area (Å²) < 4.78 is 4.93. The molecule has 0 aromatic heterocycles. The van der Waals surface area contributed by atoms with Gasteiger partial charge in [-0.2, -0.15) is 0 Å². The predicted molar refractivity (Wildman–Crippen MR) is 24.7 cm³/mol. The summed E-state index contributed by atoms with van der Waals surface area (Å²) in [7, 11) is 5.31. The van der Waals surface area contributed by atoms with Gasteiger partial charge in [-0.3, -0.25) is 0 Å². The van der Waals surface area contributed by atoms with Gasteiger partial charge in [0.15, 0.2) is 0 Å². The Labute approximate surface area is 39.1 Å². The van der Waals surface area contributed by atoms with Crippen LogP contribution in [-0.2, 0) is 4.74 Å². The second-order valence-electron chi connectivity index (χ2n) is 1.55. The highest BCUT2D eigenvalue weighted by molar-refractivity contribution is 6.11. The fourth-order valence-corrected chi connectivity index (χ4v) is 0.603. The number of hydrogen-bond acceptors (Lipinski definition) is 1. The molecule has 1 aliphatic rings. The molecule has 0 aromatic carbocycles. The third-order valence-corrected chi connectivity index (χ3v) is 0.965. The zero-order valence-corrected chi connectivity index (χ0v) is 3.68. The first-order valence-corrected chi connectivity index (χ1v) is 2.27. The van der Waals surface area contributed by atoms with Crippen LogP contribution in [0.3, 0.4) is 0 Å². The van der Waals surface area contributed by atoms with Crippen molar-refractivity contribution in [3.05, 3.63) is 0 Å². The first kappa shape index (κ1) is 4.19. The smallest absolute Gasteiger partial charge is 0.108 e. The van der Waals surface area contributed by atoms with Gasteiger partial charge in [0.1, 0.15) is 7.85 Å². The third-order valence-electron chi connectivity index (χ3n) is 0.965. The average molecular weight is 81.9 g/mol. The monoisotopic (exact) mass is 82.1 g/mol. The maximum atomic E-state index is 5.31. The Kier molecular flexibility index (Phi) is 1.15. The Morgan fingerprint density at radius 1 is 1.67 bits per heavy atom. The minimum absolute atomic E-state index is 0.0463. The lowest BCUT2D eigenvalue weighted by Crippen LogP contribution is -2.01. The van der Waals surface area contributed by atoms with E-state index in [-0.39, 0.29) is 6.00 Å². The van der Waals surface area contributed by atoms with Crippen LogP contribution in [-0.4, -0.2) is 20.5 Å². The molecule has 1 fully saturated rings. The zero-order chi connectivity index (χ0) is 4.41. The van der Waals surface area contributed by atoms with E-state index in [4.69, 9.17) is 12.6 Å². The molecule has 0 spiro atoms. The predicted octanol–water partition coefficient (Wildman–Crippen LogP) is 0.291. The van der Waals surface area contributed by atoms with Gasteiger partial charge in [-0.05, 0) is 12.8 Å². The van der Waals surface area contributed by atoms with Crippen molar-refractivity contribution in [3.63, 3.8) is 0 Å². The molecule has 0 bridgehead atoms. The van der Waals surface area contributed by atoms with Crippen LogP contribution in [0.25, 0.3) is 0 Å². The van der Waals surface area contributed by atoms with Gasteiger partial charge < -0.3 is 4.74 Å². The van der Waals surface area contributed by atoms with E-state index in [2.05, 4.69) is 0 Å². The highest BCUT2D eigenvalue weighted by atomic mass is 16.5. The van der Waals surface area contributed by atoms with Crippen molar-refractivity contribution >= 4 is 7.85 Å². The first-order chi connectivity index (χ1) is 2.89. The lowest BCUT2D eigenvalue weighted by Gasteiger charge is -1.94. The molecule has 0 aliphatic carbocycles.